The van der Waals surface area contributed by atoms with Crippen molar-refractivity contribution < 1.29 is 33.7 Å². The van der Waals surface area contributed by atoms with Crippen molar-refractivity contribution in [2.24, 2.45) is 0 Å². The fourth-order valence-corrected chi connectivity index (χ4v) is 2.84. The highest BCUT2D eigenvalue weighted by molar-refractivity contribution is 5.86. The molecule has 184 valence electrons. The predicted octanol–water partition coefficient (Wildman–Crippen LogP) is 4.06. The van der Waals surface area contributed by atoms with Gasteiger partial charge in [-0.15, -0.1) is 0 Å². The number of carboxylic acids is 1. The summed E-state index contributed by atoms with van der Waals surface area (Å²) in [6, 6.07) is 14.8. The molecule has 0 aromatic heterocycles. The highest BCUT2D eigenvalue weighted by Crippen LogP contribution is 2.22. The van der Waals surface area contributed by atoms with Crippen LogP contribution in [0.25, 0.3) is 6.08 Å². The molecule has 1 amide bonds. The molecule has 2 aromatic carbocycles. The summed E-state index contributed by atoms with van der Waals surface area (Å²) < 4.78 is 16.4. The van der Waals surface area contributed by atoms with E-state index in [1.54, 1.807) is 20.8 Å². The summed E-state index contributed by atoms with van der Waals surface area (Å²) in [5.74, 6) is -1.49. The first-order valence-corrected chi connectivity index (χ1v) is 10.8. The molecule has 0 aliphatic carbocycles. The maximum Gasteiger partial charge on any atom is 0.408 e. The van der Waals surface area contributed by atoms with Gasteiger partial charge in [0.2, 0.25) is 0 Å². The van der Waals surface area contributed by atoms with Crippen molar-refractivity contribution in [2.45, 2.75) is 45.4 Å². The molecule has 2 aromatic rings. The average molecular weight is 481 g/mol. The van der Waals surface area contributed by atoms with Crippen molar-refractivity contribution in [1.29, 1.82) is 5.26 Å². The number of benzene rings is 2. The maximum atomic E-state index is 12.5. The third kappa shape index (κ3) is 10.4. The van der Waals surface area contributed by atoms with Crippen LogP contribution >= 0.6 is 0 Å². The van der Waals surface area contributed by atoms with Crippen molar-refractivity contribution in [3.63, 3.8) is 0 Å². The Labute approximate surface area is 203 Å². The van der Waals surface area contributed by atoms with E-state index in [0.29, 0.717) is 11.1 Å². The van der Waals surface area contributed by atoms with Gasteiger partial charge in [-0.25, -0.2) is 9.59 Å². The van der Waals surface area contributed by atoms with Crippen LogP contribution in [-0.2, 0) is 25.7 Å². The quantitative estimate of drug-likeness (QED) is 0.384. The highest BCUT2D eigenvalue weighted by atomic mass is 16.6. The summed E-state index contributed by atoms with van der Waals surface area (Å²) in [5.41, 5.74) is 0.775. The number of ether oxygens (including phenoxy) is 3. The van der Waals surface area contributed by atoms with E-state index in [2.05, 4.69) is 5.32 Å². The number of aliphatic carboxylic acids is 1. The fourth-order valence-electron chi connectivity index (χ4n) is 2.84. The van der Waals surface area contributed by atoms with Crippen molar-refractivity contribution in [1.82, 2.24) is 5.32 Å². The molecule has 0 radical (unpaired) electrons. The van der Waals surface area contributed by atoms with Gasteiger partial charge < -0.3 is 24.6 Å². The molecule has 1 atom stereocenters. The number of alkyl carbamates (subject to hydrolysis) is 1. The van der Waals surface area contributed by atoms with E-state index < -0.39 is 29.7 Å². The van der Waals surface area contributed by atoms with Gasteiger partial charge in [0.15, 0.2) is 0 Å². The minimum atomic E-state index is -1.15. The minimum absolute atomic E-state index is 0.0774. The van der Waals surface area contributed by atoms with E-state index in [0.717, 1.165) is 11.6 Å². The van der Waals surface area contributed by atoms with Gasteiger partial charge in [0.25, 0.3) is 0 Å². The third-order valence-electron chi connectivity index (χ3n) is 4.36. The molecule has 9 nitrogen and oxygen atoms in total. The van der Waals surface area contributed by atoms with Gasteiger partial charge in [-0.05, 0) is 50.6 Å². The van der Waals surface area contributed by atoms with Crippen LogP contribution in [0.5, 0.6) is 5.75 Å². The van der Waals surface area contributed by atoms with Crippen molar-refractivity contribution in [2.75, 3.05) is 6.61 Å². The largest absolute Gasteiger partial charge is 0.491 e. The van der Waals surface area contributed by atoms with Gasteiger partial charge in [0.05, 0.1) is 24.1 Å². The summed E-state index contributed by atoms with van der Waals surface area (Å²) >= 11 is 0. The van der Waals surface area contributed by atoms with Gasteiger partial charge >= 0.3 is 18.0 Å². The summed E-state index contributed by atoms with van der Waals surface area (Å²) in [6.45, 7) is 5.04. The molecule has 1 unspecified atom stereocenters. The molecule has 2 N–H and O–H groups in total. The second-order valence-electron chi connectivity index (χ2n) is 8.54. The third-order valence-corrected chi connectivity index (χ3v) is 4.36. The molecule has 9 heteroatoms. The number of rotatable bonds is 10. The van der Waals surface area contributed by atoms with Crippen molar-refractivity contribution in [3.8, 4) is 11.8 Å². The predicted molar refractivity (Wildman–Crippen MR) is 127 cm³/mol. The average Bonchev–Trinajstić information content (AvgIpc) is 2.79. The molecular weight excluding hydrogens is 452 g/mol. The molecular formula is C26H28N2O7. The fraction of sp³-hybridized carbons (Fsp3) is 0.308. The first-order chi connectivity index (χ1) is 16.6. The number of nitrogens with one attached hydrogen (secondary N) is 1. The summed E-state index contributed by atoms with van der Waals surface area (Å²) in [7, 11) is 0. The second-order valence-corrected chi connectivity index (χ2v) is 8.54. The van der Waals surface area contributed by atoms with Crippen LogP contribution in [-0.4, -0.2) is 41.4 Å². The summed E-state index contributed by atoms with van der Waals surface area (Å²) in [6.07, 6.45) is 1.32. The summed E-state index contributed by atoms with van der Waals surface area (Å²) in [4.78, 5) is 35.7. The van der Waals surface area contributed by atoms with E-state index in [1.165, 1.54) is 24.3 Å². The molecule has 0 aliphatic rings. The number of carboxylic acid groups (broad SMARTS) is 1. The number of nitrogens with zero attached hydrogens (tertiary/aromatic N) is 1. The van der Waals surface area contributed by atoms with E-state index in [-0.39, 0.29) is 25.4 Å². The van der Waals surface area contributed by atoms with Crippen LogP contribution in [0.2, 0.25) is 0 Å². The lowest BCUT2D eigenvalue weighted by Gasteiger charge is -2.23. The molecule has 0 bridgehead atoms. The minimum Gasteiger partial charge on any atom is -0.491 e. The SMILES string of the molecule is CC(C)(C)OC(=O)NC(COc1cc(C#N)ccc1/C=C/C(=O)O)CC(=O)OCc1ccccc1. The Hall–Kier alpha value is -4.32. The Bertz CT molecular complexity index is 1100. The lowest BCUT2D eigenvalue weighted by atomic mass is 10.1. The number of carbonyl (C=O) groups is 3. The van der Waals surface area contributed by atoms with Gasteiger partial charge in [0, 0.05) is 11.6 Å². The van der Waals surface area contributed by atoms with E-state index in [9.17, 15) is 19.6 Å². The van der Waals surface area contributed by atoms with Gasteiger partial charge in [-0.1, -0.05) is 30.3 Å². The number of carbonyl (C=O) groups excluding carboxylic acids is 2. The maximum absolute atomic E-state index is 12.5. The zero-order valence-electron chi connectivity index (χ0n) is 19.8. The van der Waals surface area contributed by atoms with E-state index in [4.69, 9.17) is 19.3 Å². The molecule has 0 aliphatic heterocycles. The van der Waals surface area contributed by atoms with Crippen LogP contribution in [0.4, 0.5) is 4.79 Å². The van der Waals surface area contributed by atoms with Crippen LogP contribution < -0.4 is 10.1 Å². The molecule has 0 heterocycles. The number of hydrogen-bond acceptors (Lipinski definition) is 7. The molecule has 0 saturated carbocycles. The van der Waals surface area contributed by atoms with Gasteiger partial charge in [-0.2, -0.15) is 5.26 Å². The number of esters is 1. The zero-order valence-corrected chi connectivity index (χ0v) is 19.8. The number of nitriles is 1. The molecule has 0 saturated heterocycles. The van der Waals surface area contributed by atoms with Gasteiger partial charge in [-0.3, -0.25) is 4.79 Å². The number of hydrogen-bond donors (Lipinski definition) is 2. The standard InChI is InChI=1S/C26H28N2O7/c1-26(2,3)35-25(32)28-21(14-24(31)34-16-18-7-5-4-6-8-18)17-33-22-13-19(15-27)9-10-20(22)11-12-23(29)30/h4-13,21H,14,16-17H2,1-3H3,(H,28,32)(H,29,30)/b12-11+. The molecule has 2 rings (SSSR count). The Morgan fingerprint density at radius 3 is 2.49 bits per heavy atom. The molecule has 0 spiro atoms. The van der Waals surface area contributed by atoms with E-state index >= 15 is 0 Å². The molecule has 0 fully saturated rings. The van der Waals surface area contributed by atoms with Gasteiger partial charge in [0.1, 0.15) is 24.6 Å². The smallest absolute Gasteiger partial charge is 0.408 e. The monoisotopic (exact) mass is 480 g/mol. The Morgan fingerprint density at radius 2 is 1.86 bits per heavy atom. The van der Waals surface area contributed by atoms with E-state index in [1.807, 2.05) is 36.4 Å². The van der Waals surface area contributed by atoms with Crippen molar-refractivity contribution >= 4 is 24.1 Å². The first kappa shape index (κ1) is 26.9. The zero-order chi connectivity index (χ0) is 25.8. The van der Waals surface area contributed by atoms with Crippen molar-refractivity contribution in [3.05, 3.63) is 71.3 Å². The first-order valence-electron chi connectivity index (χ1n) is 10.8. The van der Waals surface area contributed by atoms with Crippen LogP contribution in [0.1, 0.15) is 43.9 Å². The second kappa shape index (κ2) is 12.8. The topological polar surface area (TPSA) is 135 Å². The lowest BCUT2D eigenvalue weighted by Crippen LogP contribution is -2.43. The number of amides is 1. The summed E-state index contributed by atoms with van der Waals surface area (Å²) in [5, 5.41) is 20.7. The normalized spacial score (nSPS) is 11.8. The van der Waals surface area contributed by atoms with Crippen LogP contribution in [0.15, 0.2) is 54.6 Å². The Kier molecular flexibility index (Phi) is 9.84. The molecule has 35 heavy (non-hydrogen) atoms. The Morgan fingerprint density at radius 1 is 1.14 bits per heavy atom. The van der Waals surface area contributed by atoms with Crippen LogP contribution in [0.3, 0.4) is 0 Å². The van der Waals surface area contributed by atoms with Crippen LogP contribution in [0, 0.1) is 11.3 Å². The Balaban J connectivity index is 2.14. The highest BCUT2D eigenvalue weighted by Gasteiger charge is 2.23. The lowest BCUT2D eigenvalue weighted by molar-refractivity contribution is -0.145.